The van der Waals surface area contributed by atoms with Gasteiger partial charge in [0.25, 0.3) is 0 Å². The summed E-state index contributed by atoms with van der Waals surface area (Å²) in [5, 5.41) is 35.4. The van der Waals surface area contributed by atoms with Crippen LogP contribution in [0.15, 0.2) is 24.3 Å². The van der Waals surface area contributed by atoms with Gasteiger partial charge in [0.15, 0.2) is 0 Å². The van der Waals surface area contributed by atoms with Crippen LogP contribution in [0.5, 0.6) is 5.75 Å². The number of carboxylic acids is 2. The fourth-order valence-corrected chi connectivity index (χ4v) is 3.69. The highest BCUT2D eigenvalue weighted by molar-refractivity contribution is 7.98. The van der Waals surface area contributed by atoms with Crippen molar-refractivity contribution in [1.82, 2.24) is 16.0 Å². The lowest BCUT2D eigenvalue weighted by Gasteiger charge is -2.25. The molecule has 0 aliphatic carbocycles. The Kier molecular flexibility index (Phi) is 13.5. The van der Waals surface area contributed by atoms with Crippen LogP contribution in [0.3, 0.4) is 0 Å². The molecular formula is C24H36N4O8S. The summed E-state index contributed by atoms with van der Waals surface area (Å²) < 4.78 is 0. The minimum Gasteiger partial charge on any atom is -0.508 e. The molecule has 0 heterocycles. The molecule has 1 aromatic rings. The molecule has 0 spiro atoms. The predicted molar refractivity (Wildman–Crippen MR) is 138 cm³/mol. The van der Waals surface area contributed by atoms with Crippen molar-refractivity contribution in [2.24, 2.45) is 11.7 Å². The largest absolute Gasteiger partial charge is 0.508 e. The molecule has 206 valence electrons. The van der Waals surface area contributed by atoms with Crippen molar-refractivity contribution in [1.29, 1.82) is 0 Å². The second kappa shape index (κ2) is 15.7. The van der Waals surface area contributed by atoms with Crippen molar-refractivity contribution in [2.45, 2.75) is 63.7 Å². The first-order valence-electron chi connectivity index (χ1n) is 11.7. The Morgan fingerprint density at radius 1 is 0.865 bits per heavy atom. The summed E-state index contributed by atoms with van der Waals surface area (Å²) in [4.78, 5) is 61.4. The highest BCUT2D eigenvalue weighted by Crippen LogP contribution is 2.13. The summed E-state index contributed by atoms with van der Waals surface area (Å²) in [6.07, 6.45) is 1.14. The first kappa shape index (κ1) is 31.7. The maximum absolute atomic E-state index is 13.2. The lowest BCUT2D eigenvalue weighted by molar-refractivity contribution is -0.143. The normalized spacial score (nSPS) is 14.2. The van der Waals surface area contributed by atoms with E-state index in [2.05, 4.69) is 16.0 Å². The van der Waals surface area contributed by atoms with Crippen molar-refractivity contribution in [3.63, 3.8) is 0 Å². The van der Waals surface area contributed by atoms with E-state index in [1.165, 1.54) is 23.9 Å². The Morgan fingerprint density at radius 2 is 1.41 bits per heavy atom. The highest BCUT2D eigenvalue weighted by Gasteiger charge is 2.31. The Hall–Kier alpha value is -3.32. The summed E-state index contributed by atoms with van der Waals surface area (Å²) in [5.41, 5.74) is 6.50. The Balaban J connectivity index is 3.15. The maximum Gasteiger partial charge on any atom is 0.326 e. The maximum atomic E-state index is 13.2. The standard InChI is InChI=1S/C24H36N4O8S/c1-13(2)20(25)23(34)28-18(12-14-4-6-15(29)7-5-14)22(33)26-16(8-9-19(30)31)21(32)27-17(24(35)36)10-11-37-3/h4-7,13,16-18,20,29H,8-12,25H2,1-3H3,(H,26,33)(H,27,32)(H,28,34)(H,30,31)(H,35,36). The van der Waals surface area contributed by atoms with Crippen LogP contribution in [0.4, 0.5) is 0 Å². The van der Waals surface area contributed by atoms with E-state index in [1.807, 2.05) is 0 Å². The molecule has 1 aromatic carbocycles. The molecule has 4 atom stereocenters. The number of aliphatic carboxylic acids is 2. The number of nitrogens with two attached hydrogens (primary N) is 1. The number of aromatic hydroxyl groups is 1. The van der Waals surface area contributed by atoms with Gasteiger partial charge < -0.3 is 37.0 Å². The van der Waals surface area contributed by atoms with Gasteiger partial charge in [-0.3, -0.25) is 19.2 Å². The second-order valence-electron chi connectivity index (χ2n) is 8.88. The number of thioether (sulfide) groups is 1. The fourth-order valence-electron chi connectivity index (χ4n) is 3.22. The van der Waals surface area contributed by atoms with E-state index < -0.39 is 60.2 Å². The first-order valence-corrected chi connectivity index (χ1v) is 13.1. The zero-order chi connectivity index (χ0) is 28.1. The van der Waals surface area contributed by atoms with Gasteiger partial charge >= 0.3 is 11.9 Å². The molecule has 13 heteroatoms. The van der Waals surface area contributed by atoms with Crippen LogP contribution in [-0.2, 0) is 30.4 Å². The van der Waals surface area contributed by atoms with Crippen molar-refractivity contribution >= 4 is 41.4 Å². The van der Waals surface area contributed by atoms with Crippen LogP contribution < -0.4 is 21.7 Å². The Morgan fingerprint density at radius 3 is 1.92 bits per heavy atom. The third kappa shape index (κ3) is 11.5. The molecule has 0 saturated heterocycles. The lowest BCUT2D eigenvalue weighted by atomic mass is 10.0. The summed E-state index contributed by atoms with van der Waals surface area (Å²) in [6.45, 7) is 3.48. The van der Waals surface area contributed by atoms with E-state index in [1.54, 1.807) is 32.2 Å². The fraction of sp³-hybridized carbons (Fsp3) is 0.542. The average molecular weight is 541 g/mol. The molecule has 0 fully saturated rings. The van der Waals surface area contributed by atoms with Gasteiger partial charge in [-0.25, -0.2) is 4.79 Å². The third-order valence-electron chi connectivity index (χ3n) is 5.54. The summed E-state index contributed by atoms with van der Waals surface area (Å²) in [6, 6.07) is 1.26. The summed E-state index contributed by atoms with van der Waals surface area (Å²) in [5.74, 6) is -4.44. The van der Waals surface area contributed by atoms with Crippen molar-refractivity contribution < 1.29 is 39.3 Å². The van der Waals surface area contributed by atoms with Crippen LogP contribution >= 0.6 is 11.8 Å². The number of hydrogen-bond acceptors (Lipinski definition) is 8. The number of phenols is 1. The number of phenolic OH excluding ortho intramolecular Hbond substituents is 1. The number of nitrogens with one attached hydrogen (secondary N) is 3. The third-order valence-corrected chi connectivity index (χ3v) is 6.18. The van der Waals surface area contributed by atoms with E-state index in [4.69, 9.17) is 10.8 Å². The zero-order valence-electron chi connectivity index (χ0n) is 21.1. The van der Waals surface area contributed by atoms with Crippen LogP contribution in [0.1, 0.15) is 38.7 Å². The molecule has 1 rings (SSSR count). The molecule has 12 nitrogen and oxygen atoms in total. The SMILES string of the molecule is CSCCC(NC(=O)C(CCC(=O)O)NC(=O)C(Cc1ccc(O)cc1)NC(=O)C(N)C(C)C)C(=O)O. The van der Waals surface area contributed by atoms with Crippen LogP contribution in [0, 0.1) is 5.92 Å². The monoisotopic (exact) mass is 540 g/mol. The van der Waals surface area contributed by atoms with Gasteiger partial charge in [-0.2, -0.15) is 11.8 Å². The number of benzene rings is 1. The average Bonchev–Trinajstić information content (AvgIpc) is 2.83. The predicted octanol–water partition coefficient (Wildman–Crippen LogP) is 0.0749. The van der Waals surface area contributed by atoms with E-state index in [0.717, 1.165) is 0 Å². The minimum atomic E-state index is -1.36. The van der Waals surface area contributed by atoms with Gasteiger partial charge in [-0.15, -0.1) is 0 Å². The van der Waals surface area contributed by atoms with Gasteiger partial charge in [-0.05, 0) is 48.5 Å². The highest BCUT2D eigenvalue weighted by atomic mass is 32.2. The molecule has 0 saturated carbocycles. The van der Waals surface area contributed by atoms with Gasteiger partial charge in [0, 0.05) is 12.8 Å². The minimum absolute atomic E-state index is 0.00970. The second-order valence-corrected chi connectivity index (χ2v) is 9.86. The van der Waals surface area contributed by atoms with Crippen LogP contribution in [0.25, 0.3) is 0 Å². The molecule has 0 aromatic heterocycles. The number of hydrogen-bond donors (Lipinski definition) is 7. The number of carbonyl (C=O) groups is 5. The molecule has 8 N–H and O–H groups in total. The molecule has 0 radical (unpaired) electrons. The number of rotatable bonds is 16. The Labute approximate surface area is 219 Å². The summed E-state index contributed by atoms with van der Waals surface area (Å²) in [7, 11) is 0. The Bertz CT molecular complexity index is 941. The van der Waals surface area contributed by atoms with E-state index in [-0.39, 0.29) is 30.9 Å². The summed E-state index contributed by atoms with van der Waals surface area (Å²) >= 11 is 1.40. The zero-order valence-corrected chi connectivity index (χ0v) is 21.9. The van der Waals surface area contributed by atoms with Gasteiger partial charge in [0.2, 0.25) is 17.7 Å². The van der Waals surface area contributed by atoms with E-state index in [0.29, 0.717) is 11.3 Å². The van der Waals surface area contributed by atoms with Crippen molar-refractivity contribution in [3.8, 4) is 5.75 Å². The van der Waals surface area contributed by atoms with Gasteiger partial charge in [-0.1, -0.05) is 26.0 Å². The lowest BCUT2D eigenvalue weighted by Crippen LogP contribution is -2.58. The van der Waals surface area contributed by atoms with Crippen LogP contribution in [-0.4, -0.2) is 81.2 Å². The molecule has 0 aliphatic rings. The number of carboxylic acid groups (broad SMARTS) is 2. The van der Waals surface area contributed by atoms with Crippen molar-refractivity contribution in [3.05, 3.63) is 29.8 Å². The molecular weight excluding hydrogens is 504 g/mol. The first-order chi connectivity index (χ1) is 17.3. The van der Waals surface area contributed by atoms with Gasteiger partial charge in [0.1, 0.15) is 23.9 Å². The van der Waals surface area contributed by atoms with Gasteiger partial charge in [0.05, 0.1) is 6.04 Å². The smallest absolute Gasteiger partial charge is 0.326 e. The van der Waals surface area contributed by atoms with E-state index in [9.17, 15) is 34.2 Å². The molecule has 37 heavy (non-hydrogen) atoms. The molecule has 3 amide bonds. The molecule has 0 bridgehead atoms. The molecule has 0 aliphatic heterocycles. The quantitative estimate of drug-likeness (QED) is 0.150. The molecule has 4 unspecified atom stereocenters. The topological polar surface area (TPSA) is 208 Å². The van der Waals surface area contributed by atoms with Crippen LogP contribution in [0.2, 0.25) is 0 Å². The van der Waals surface area contributed by atoms with Crippen molar-refractivity contribution in [2.75, 3.05) is 12.0 Å². The number of carbonyl (C=O) groups excluding carboxylic acids is 3. The van der Waals surface area contributed by atoms with E-state index >= 15 is 0 Å². The number of amides is 3.